The Morgan fingerprint density at radius 1 is 1.12 bits per heavy atom. The molecule has 1 aromatic carbocycles. The number of hydrogen-bond acceptors (Lipinski definition) is 6. The number of benzene rings is 1. The highest BCUT2D eigenvalue weighted by Gasteiger charge is 2.54. The van der Waals surface area contributed by atoms with E-state index >= 15 is 0 Å². The number of sulfone groups is 1. The Morgan fingerprint density at radius 3 is 2.53 bits per heavy atom. The number of furan rings is 1. The fourth-order valence-corrected chi connectivity index (χ4v) is 6.04. The van der Waals surface area contributed by atoms with Crippen molar-refractivity contribution in [3.05, 3.63) is 47.0 Å². The van der Waals surface area contributed by atoms with Crippen molar-refractivity contribution in [2.24, 2.45) is 5.41 Å². The summed E-state index contributed by atoms with van der Waals surface area (Å²) in [6.45, 7) is 4.79. The van der Waals surface area contributed by atoms with Crippen molar-refractivity contribution >= 4 is 38.4 Å². The molecule has 32 heavy (non-hydrogen) atoms. The van der Waals surface area contributed by atoms with E-state index in [2.05, 4.69) is 10.3 Å². The van der Waals surface area contributed by atoms with E-state index in [0.717, 1.165) is 42.7 Å². The smallest absolute Gasteiger partial charge is 0.287 e. The molecule has 1 spiro atoms. The standard InChI is InChI=1S/C23H25ClN2O5S/c1-22(2,3)32(28,29)19-7-6-18(30-19)20(27)25-15-11-23(12-15)9-13(10-23)21-26-16-8-14(24)4-5-17(16)31-21/h4-8,13,15H,9-12H2,1-3H3,(H,25,27). The van der Waals surface area contributed by atoms with E-state index < -0.39 is 14.6 Å². The molecule has 1 N–H and O–H groups in total. The van der Waals surface area contributed by atoms with Crippen LogP contribution in [0.25, 0.3) is 11.1 Å². The minimum absolute atomic E-state index is 0.0189. The molecule has 2 fully saturated rings. The highest BCUT2D eigenvalue weighted by Crippen LogP contribution is 2.61. The fraction of sp³-hybridized carbons (Fsp3) is 0.478. The largest absolute Gasteiger partial charge is 0.440 e. The van der Waals surface area contributed by atoms with Gasteiger partial charge < -0.3 is 14.2 Å². The van der Waals surface area contributed by atoms with Gasteiger partial charge in [0.1, 0.15) is 5.52 Å². The number of carbonyl (C=O) groups is 1. The van der Waals surface area contributed by atoms with Crippen molar-refractivity contribution < 1.29 is 22.0 Å². The normalized spacial score (nSPS) is 25.5. The van der Waals surface area contributed by atoms with Crippen molar-refractivity contribution in [3.8, 4) is 0 Å². The lowest BCUT2D eigenvalue weighted by molar-refractivity contribution is -0.0256. The first kappa shape index (κ1) is 21.5. The SMILES string of the molecule is CC(C)(C)S(=O)(=O)c1ccc(C(=O)NC2CC3(C2)CC(c2nc4cc(Cl)ccc4o2)C3)o1. The molecule has 2 heterocycles. The molecule has 9 heteroatoms. The monoisotopic (exact) mass is 476 g/mol. The van der Waals surface area contributed by atoms with Crippen LogP contribution < -0.4 is 5.32 Å². The van der Waals surface area contributed by atoms with Gasteiger partial charge in [0.05, 0.1) is 4.75 Å². The van der Waals surface area contributed by atoms with Crippen LogP contribution in [0.1, 0.15) is 68.8 Å². The summed E-state index contributed by atoms with van der Waals surface area (Å²) in [7, 11) is -3.64. The Balaban J connectivity index is 1.16. The molecule has 7 nitrogen and oxygen atoms in total. The van der Waals surface area contributed by atoms with Crippen molar-refractivity contribution in [2.45, 2.75) is 68.3 Å². The molecule has 0 radical (unpaired) electrons. The van der Waals surface area contributed by atoms with Gasteiger partial charge in [0.25, 0.3) is 5.91 Å². The Hall–Kier alpha value is -2.32. The molecular formula is C23H25ClN2O5S. The minimum atomic E-state index is -3.64. The highest BCUT2D eigenvalue weighted by atomic mass is 35.5. The average molecular weight is 477 g/mol. The van der Waals surface area contributed by atoms with Crippen LogP contribution in [0.3, 0.4) is 0 Å². The molecule has 2 aromatic heterocycles. The first-order valence-corrected chi connectivity index (χ1v) is 12.5. The Labute approximate surface area is 191 Å². The number of fused-ring (bicyclic) bond motifs is 1. The summed E-state index contributed by atoms with van der Waals surface area (Å²) in [6.07, 6.45) is 3.73. The number of halogens is 1. The van der Waals surface area contributed by atoms with Gasteiger partial charge in [-0.05, 0) is 82.2 Å². The van der Waals surface area contributed by atoms with Crippen molar-refractivity contribution in [2.75, 3.05) is 0 Å². The number of rotatable bonds is 4. The second-order valence-corrected chi connectivity index (χ2v) is 13.2. The van der Waals surface area contributed by atoms with E-state index in [4.69, 9.17) is 20.4 Å². The van der Waals surface area contributed by atoms with Gasteiger partial charge in [-0.1, -0.05) is 11.6 Å². The molecule has 1 amide bonds. The quantitative estimate of drug-likeness (QED) is 0.561. The second-order valence-electron chi connectivity index (χ2n) is 10.1. The van der Waals surface area contributed by atoms with Crippen LogP contribution in [0.5, 0.6) is 0 Å². The fourth-order valence-electron chi connectivity index (χ4n) is 4.82. The van der Waals surface area contributed by atoms with Gasteiger partial charge in [-0.25, -0.2) is 13.4 Å². The molecule has 0 unspecified atom stereocenters. The van der Waals surface area contributed by atoms with E-state index in [1.165, 1.54) is 12.1 Å². The lowest BCUT2D eigenvalue weighted by Crippen LogP contribution is -2.55. The van der Waals surface area contributed by atoms with Crippen molar-refractivity contribution in [1.82, 2.24) is 10.3 Å². The topological polar surface area (TPSA) is 102 Å². The lowest BCUT2D eigenvalue weighted by Gasteiger charge is -2.57. The van der Waals surface area contributed by atoms with Crippen molar-refractivity contribution in [1.29, 1.82) is 0 Å². The maximum Gasteiger partial charge on any atom is 0.287 e. The van der Waals surface area contributed by atoms with Gasteiger partial charge in [-0.3, -0.25) is 4.79 Å². The van der Waals surface area contributed by atoms with Gasteiger partial charge in [0, 0.05) is 17.0 Å². The predicted octanol–water partition coefficient (Wildman–Crippen LogP) is 5.10. The summed E-state index contributed by atoms with van der Waals surface area (Å²) in [6, 6.07) is 8.26. The third-order valence-corrected chi connectivity index (χ3v) is 9.24. The molecule has 2 aliphatic rings. The molecule has 2 saturated carbocycles. The maximum absolute atomic E-state index is 12.5. The number of nitrogens with zero attached hydrogens (tertiary/aromatic N) is 1. The lowest BCUT2D eigenvalue weighted by atomic mass is 9.50. The van der Waals surface area contributed by atoms with Crippen LogP contribution in [0, 0.1) is 5.41 Å². The van der Waals surface area contributed by atoms with E-state index in [1.807, 2.05) is 6.07 Å². The minimum Gasteiger partial charge on any atom is -0.440 e. The zero-order valence-electron chi connectivity index (χ0n) is 18.1. The highest BCUT2D eigenvalue weighted by molar-refractivity contribution is 7.92. The summed E-state index contributed by atoms with van der Waals surface area (Å²) in [5.41, 5.74) is 1.74. The zero-order chi connectivity index (χ0) is 22.9. The van der Waals surface area contributed by atoms with E-state index in [-0.39, 0.29) is 34.1 Å². The van der Waals surface area contributed by atoms with Crippen LogP contribution in [0.2, 0.25) is 5.02 Å². The van der Waals surface area contributed by atoms with Crippen LogP contribution >= 0.6 is 11.6 Å². The molecule has 0 saturated heterocycles. The molecule has 3 aromatic rings. The Bertz CT molecular complexity index is 1300. The summed E-state index contributed by atoms with van der Waals surface area (Å²) < 4.78 is 35.2. The van der Waals surface area contributed by atoms with E-state index in [1.54, 1.807) is 32.9 Å². The van der Waals surface area contributed by atoms with E-state index in [9.17, 15) is 13.2 Å². The number of carbonyl (C=O) groups excluding carboxylic acids is 1. The summed E-state index contributed by atoms with van der Waals surface area (Å²) in [5, 5.41) is 3.42. The summed E-state index contributed by atoms with van der Waals surface area (Å²) in [5.74, 6) is 0.675. The van der Waals surface area contributed by atoms with Gasteiger partial charge in [-0.15, -0.1) is 0 Å². The van der Waals surface area contributed by atoms with Crippen LogP contribution in [0.15, 0.2) is 44.3 Å². The molecule has 5 rings (SSSR count). The van der Waals surface area contributed by atoms with Gasteiger partial charge in [-0.2, -0.15) is 0 Å². The molecule has 0 atom stereocenters. The van der Waals surface area contributed by atoms with Gasteiger partial charge in [0.15, 0.2) is 17.2 Å². The van der Waals surface area contributed by atoms with E-state index in [0.29, 0.717) is 5.02 Å². The third-order valence-electron chi connectivity index (χ3n) is 6.64. The molecule has 0 aliphatic heterocycles. The number of nitrogens with one attached hydrogen (secondary N) is 1. The number of aromatic nitrogens is 1. The van der Waals surface area contributed by atoms with Crippen molar-refractivity contribution in [3.63, 3.8) is 0 Å². The van der Waals surface area contributed by atoms with Crippen LogP contribution in [0.4, 0.5) is 0 Å². The number of oxazole rings is 1. The van der Waals surface area contributed by atoms with Gasteiger partial charge >= 0.3 is 0 Å². The van der Waals surface area contributed by atoms with Crippen LogP contribution in [-0.2, 0) is 9.84 Å². The zero-order valence-corrected chi connectivity index (χ0v) is 19.7. The summed E-state index contributed by atoms with van der Waals surface area (Å²) >= 11 is 6.02. The number of hydrogen-bond donors (Lipinski definition) is 1. The Morgan fingerprint density at radius 2 is 1.84 bits per heavy atom. The third kappa shape index (κ3) is 3.53. The molecule has 170 valence electrons. The van der Waals surface area contributed by atoms with Gasteiger partial charge in [0.2, 0.25) is 14.9 Å². The van der Waals surface area contributed by atoms with Crippen LogP contribution in [-0.4, -0.2) is 30.1 Å². The summed E-state index contributed by atoms with van der Waals surface area (Å²) in [4.78, 5) is 17.1. The average Bonchev–Trinajstić information content (AvgIpc) is 3.28. The second kappa shape index (κ2) is 7.09. The molecular weight excluding hydrogens is 452 g/mol. The maximum atomic E-state index is 12.5. The first-order valence-electron chi connectivity index (χ1n) is 10.7. The Kier molecular flexibility index (Phi) is 4.77. The first-order chi connectivity index (χ1) is 15.0. The predicted molar refractivity (Wildman–Crippen MR) is 120 cm³/mol. The molecule has 0 bridgehead atoms. The molecule has 2 aliphatic carbocycles. The number of amides is 1.